The quantitative estimate of drug-likeness (QED) is 0.571. The number of thioether (sulfide) groups is 1. The number of hydrogen-bond acceptors (Lipinski definition) is 5. The molecule has 0 radical (unpaired) electrons. The zero-order chi connectivity index (χ0) is 23.2. The summed E-state index contributed by atoms with van der Waals surface area (Å²) in [6.45, 7) is 4.07. The van der Waals surface area contributed by atoms with Crippen LogP contribution in [0.1, 0.15) is 59.2 Å². The predicted octanol–water partition coefficient (Wildman–Crippen LogP) is 4.85. The molecule has 2 atom stereocenters. The van der Waals surface area contributed by atoms with E-state index in [1.165, 1.54) is 11.1 Å². The number of rotatable bonds is 7. The van der Waals surface area contributed by atoms with Crippen LogP contribution in [0.2, 0.25) is 0 Å². The molecule has 6 nitrogen and oxygen atoms in total. The van der Waals surface area contributed by atoms with Gasteiger partial charge in [-0.25, -0.2) is 0 Å². The zero-order valence-corrected chi connectivity index (χ0v) is 19.8. The molecule has 7 heteroatoms. The third kappa shape index (κ3) is 5.96. The lowest BCUT2D eigenvalue weighted by atomic mass is 9.72. The lowest BCUT2D eigenvalue weighted by Gasteiger charge is -2.32. The molecule has 2 aromatic carbocycles. The highest BCUT2D eigenvalue weighted by Gasteiger charge is 2.30. The first kappa shape index (κ1) is 23.4. The van der Waals surface area contributed by atoms with Gasteiger partial charge in [0.1, 0.15) is 0 Å². The number of aliphatic carboxylic acids is 1. The maximum absolute atomic E-state index is 12.9. The molecule has 2 aliphatic rings. The predicted molar refractivity (Wildman–Crippen MR) is 134 cm³/mol. The molecule has 1 fully saturated rings. The SMILES string of the molecule is CCC1c2ccc(C(=O)Nc3ccc(C=NN4CCSCC4)cc3)cc2CCC1CC(=O)O. The normalized spacial score (nSPS) is 20.5. The van der Waals surface area contributed by atoms with Crippen molar-refractivity contribution in [3.63, 3.8) is 0 Å². The smallest absolute Gasteiger partial charge is 0.303 e. The fourth-order valence-corrected chi connectivity index (χ4v) is 5.70. The second-order valence-electron chi connectivity index (χ2n) is 8.71. The van der Waals surface area contributed by atoms with Gasteiger partial charge in [-0.2, -0.15) is 16.9 Å². The van der Waals surface area contributed by atoms with Crippen LogP contribution in [0.3, 0.4) is 0 Å². The van der Waals surface area contributed by atoms with Crippen LogP contribution in [0.15, 0.2) is 47.6 Å². The van der Waals surface area contributed by atoms with Crippen molar-refractivity contribution in [3.05, 3.63) is 64.7 Å². The van der Waals surface area contributed by atoms with E-state index < -0.39 is 5.97 Å². The number of aryl methyl sites for hydroxylation is 1. The van der Waals surface area contributed by atoms with Gasteiger partial charge in [0.05, 0.1) is 6.21 Å². The summed E-state index contributed by atoms with van der Waals surface area (Å²) in [5.74, 6) is 1.77. The summed E-state index contributed by atoms with van der Waals surface area (Å²) in [5.41, 5.74) is 4.74. The highest BCUT2D eigenvalue weighted by atomic mass is 32.2. The minimum absolute atomic E-state index is 0.134. The van der Waals surface area contributed by atoms with Crippen molar-refractivity contribution in [2.45, 2.75) is 38.5 Å². The first-order valence-corrected chi connectivity index (χ1v) is 12.8. The van der Waals surface area contributed by atoms with Gasteiger partial charge in [-0.3, -0.25) is 14.6 Å². The number of nitrogens with zero attached hydrogens (tertiary/aromatic N) is 2. The molecule has 4 rings (SSSR count). The van der Waals surface area contributed by atoms with Crippen LogP contribution >= 0.6 is 11.8 Å². The molecule has 33 heavy (non-hydrogen) atoms. The Morgan fingerprint density at radius 1 is 1.18 bits per heavy atom. The summed E-state index contributed by atoms with van der Waals surface area (Å²) in [6.07, 6.45) is 4.64. The molecule has 0 saturated carbocycles. The fourth-order valence-electron chi connectivity index (χ4n) is 4.82. The molecule has 0 aromatic heterocycles. The van der Waals surface area contributed by atoms with E-state index in [9.17, 15) is 14.7 Å². The molecule has 2 unspecified atom stereocenters. The second kappa shape index (κ2) is 10.9. The van der Waals surface area contributed by atoms with Crippen molar-refractivity contribution in [3.8, 4) is 0 Å². The number of carbonyl (C=O) groups is 2. The molecule has 1 aliphatic heterocycles. The Balaban J connectivity index is 1.39. The van der Waals surface area contributed by atoms with Gasteiger partial charge in [0, 0.05) is 42.3 Å². The topological polar surface area (TPSA) is 82.0 Å². The Labute approximate surface area is 199 Å². The van der Waals surface area contributed by atoms with Crippen LogP contribution in [-0.4, -0.2) is 52.8 Å². The number of anilines is 1. The number of amides is 1. The third-order valence-corrected chi connectivity index (χ3v) is 7.50. The molecular formula is C26H31N3O3S. The summed E-state index contributed by atoms with van der Waals surface area (Å²) < 4.78 is 0. The third-order valence-electron chi connectivity index (χ3n) is 6.56. The van der Waals surface area contributed by atoms with E-state index in [1.54, 1.807) is 0 Å². The van der Waals surface area contributed by atoms with Crippen LogP contribution < -0.4 is 5.32 Å². The number of carboxylic acids is 1. The van der Waals surface area contributed by atoms with Crippen LogP contribution in [0.25, 0.3) is 0 Å². The molecule has 2 N–H and O–H groups in total. The van der Waals surface area contributed by atoms with E-state index >= 15 is 0 Å². The van der Waals surface area contributed by atoms with E-state index in [4.69, 9.17) is 0 Å². The van der Waals surface area contributed by atoms with Crippen LogP contribution in [0.5, 0.6) is 0 Å². The van der Waals surface area contributed by atoms with E-state index in [0.29, 0.717) is 5.56 Å². The zero-order valence-electron chi connectivity index (χ0n) is 19.0. The molecule has 1 saturated heterocycles. The summed E-state index contributed by atoms with van der Waals surface area (Å²) in [6, 6.07) is 13.6. The first-order chi connectivity index (χ1) is 16.0. The largest absolute Gasteiger partial charge is 0.481 e. The monoisotopic (exact) mass is 465 g/mol. The van der Waals surface area contributed by atoms with E-state index in [-0.39, 0.29) is 24.2 Å². The van der Waals surface area contributed by atoms with Gasteiger partial charge in [0.15, 0.2) is 0 Å². The lowest BCUT2D eigenvalue weighted by Crippen LogP contribution is -2.27. The van der Waals surface area contributed by atoms with Gasteiger partial charge >= 0.3 is 5.97 Å². The average Bonchev–Trinajstić information content (AvgIpc) is 2.83. The first-order valence-electron chi connectivity index (χ1n) is 11.7. The average molecular weight is 466 g/mol. The Morgan fingerprint density at radius 3 is 2.64 bits per heavy atom. The number of nitrogens with one attached hydrogen (secondary N) is 1. The molecule has 1 aliphatic carbocycles. The molecule has 174 valence electrons. The number of carbonyl (C=O) groups excluding carboxylic acids is 1. The van der Waals surface area contributed by atoms with Crippen molar-refractivity contribution in [1.29, 1.82) is 0 Å². The molecule has 2 aromatic rings. The Hall–Kier alpha value is -2.80. The van der Waals surface area contributed by atoms with Gasteiger partial charge in [0.2, 0.25) is 0 Å². The molecule has 0 bridgehead atoms. The van der Waals surface area contributed by atoms with Crippen molar-refractivity contribution in [2.24, 2.45) is 11.0 Å². The van der Waals surface area contributed by atoms with E-state index in [1.807, 2.05) is 60.4 Å². The summed E-state index contributed by atoms with van der Waals surface area (Å²) in [4.78, 5) is 24.1. The van der Waals surface area contributed by atoms with Gasteiger partial charge in [-0.15, -0.1) is 0 Å². The van der Waals surface area contributed by atoms with Gasteiger partial charge in [-0.1, -0.05) is 25.1 Å². The lowest BCUT2D eigenvalue weighted by molar-refractivity contribution is -0.138. The maximum Gasteiger partial charge on any atom is 0.303 e. The molecular weight excluding hydrogens is 434 g/mol. The molecule has 1 heterocycles. The number of benzene rings is 2. The van der Waals surface area contributed by atoms with E-state index in [0.717, 1.165) is 55.1 Å². The van der Waals surface area contributed by atoms with Crippen molar-refractivity contribution in [2.75, 3.05) is 29.9 Å². The Morgan fingerprint density at radius 2 is 1.94 bits per heavy atom. The van der Waals surface area contributed by atoms with Crippen molar-refractivity contribution >= 4 is 35.5 Å². The Kier molecular flexibility index (Phi) is 7.70. The number of fused-ring (bicyclic) bond motifs is 1. The molecule has 0 spiro atoms. The maximum atomic E-state index is 12.9. The van der Waals surface area contributed by atoms with Gasteiger partial charge in [0.25, 0.3) is 5.91 Å². The van der Waals surface area contributed by atoms with E-state index in [2.05, 4.69) is 22.4 Å². The highest BCUT2D eigenvalue weighted by Crippen LogP contribution is 2.40. The second-order valence-corrected chi connectivity index (χ2v) is 9.94. The van der Waals surface area contributed by atoms with Gasteiger partial charge < -0.3 is 10.4 Å². The fraction of sp³-hybridized carbons (Fsp3) is 0.423. The standard InChI is InChI=1S/C26H31N3O3S/c1-2-23-20(16-25(30)31)6-5-19-15-21(7-10-24(19)23)26(32)28-22-8-3-18(4-9-22)17-27-29-11-13-33-14-12-29/h3-4,7-10,15,17,20,23H,2,5-6,11-14,16H2,1H3,(H,28,32)(H,30,31). The van der Waals surface area contributed by atoms with Crippen molar-refractivity contribution in [1.82, 2.24) is 5.01 Å². The van der Waals surface area contributed by atoms with Crippen molar-refractivity contribution < 1.29 is 14.7 Å². The summed E-state index contributed by atoms with van der Waals surface area (Å²) in [5, 5.41) is 18.8. The van der Waals surface area contributed by atoms with Gasteiger partial charge in [-0.05, 0) is 72.1 Å². The number of hydrazone groups is 1. The minimum Gasteiger partial charge on any atom is -0.481 e. The Bertz CT molecular complexity index is 1020. The highest BCUT2D eigenvalue weighted by molar-refractivity contribution is 7.99. The van der Waals surface area contributed by atoms with Crippen LogP contribution in [0, 0.1) is 5.92 Å². The summed E-state index contributed by atoms with van der Waals surface area (Å²) in [7, 11) is 0. The summed E-state index contributed by atoms with van der Waals surface area (Å²) >= 11 is 1.96. The number of carboxylic acid groups (broad SMARTS) is 1. The number of hydrogen-bond donors (Lipinski definition) is 2. The van der Waals surface area contributed by atoms with Crippen LogP contribution in [0.4, 0.5) is 5.69 Å². The molecule has 1 amide bonds. The van der Waals surface area contributed by atoms with Crippen LogP contribution in [-0.2, 0) is 11.2 Å². The minimum atomic E-state index is -0.735.